The molecule has 4 N–H and O–H groups in total. The van der Waals surface area contributed by atoms with E-state index in [1.807, 2.05) is 24.6 Å². The first-order valence-electron chi connectivity index (χ1n) is 5.28. The Morgan fingerprint density at radius 1 is 1.59 bits per heavy atom. The van der Waals surface area contributed by atoms with Crippen LogP contribution in [0.3, 0.4) is 0 Å². The highest BCUT2D eigenvalue weighted by atomic mass is 16.1. The minimum Gasteiger partial charge on any atom is -0.369 e. The van der Waals surface area contributed by atoms with E-state index in [-0.39, 0.29) is 5.91 Å². The second-order valence-electron chi connectivity index (χ2n) is 3.90. The van der Waals surface area contributed by atoms with Gasteiger partial charge < -0.3 is 20.6 Å². The Labute approximate surface area is 98.8 Å². The molecule has 0 aliphatic heterocycles. The summed E-state index contributed by atoms with van der Waals surface area (Å²) in [7, 11) is 1.86. The number of imidazole rings is 1. The normalized spacial score (nSPS) is 10.5. The molecule has 2 aromatic rings. The van der Waals surface area contributed by atoms with Gasteiger partial charge in [0.2, 0.25) is 0 Å². The molecule has 0 aliphatic rings. The van der Waals surface area contributed by atoms with Gasteiger partial charge in [0.15, 0.2) is 5.95 Å². The van der Waals surface area contributed by atoms with Crippen LogP contribution in [-0.2, 0) is 13.6 Å². The largest absolute Gasteiger partial charge is 0.369 e. The van der Waals surface area contributed by atoms with Gasteiger partial charge in [-0.05, 0) is 19.1 Å². The molecule has 1 amide bonds. The Hall–Kier alpha value is -2.24. The van der Waals surface area contributed by atoms with Crippen molar-refractivity contribution in [3.63, 3.8) is 0 Å². The summed E-state index contributed by atoms with van der Waals surface area (Å²) >= 11 is 0. The summed E-state index contributed by atoms with van der Waals surface area (Å²) in [5.41, 5.74) is 7.90. The SMILES string of the molecule is Cc1ccc(C(=O)NCc2cnc(N)[nH]2)n1C. The zero-order chi connectivity index (χ0) is 12.4. The molecule has 0 radical (unpaired) electrons. The molecular formula is C11H15N5O. The molecule has 0 atom stereocenters. The Morgan fingerprint density at radius 3 is 2.88 bits per heavy atom. The number of carbonyl (C=O) groups excluding carboxylic acids is 1. The lowest BCUT2D eigenvalue weighted by atomic mass is 10.4. The molecule has 0 saturated heterocycles. The summed E-state index contributed by atoms with van der Waals surface area (Å²) in [6.45, 7) is 2.33. The number of nitrogens with one attached hydrogen (secondary N) is 2. The predicted octanol–water partition coefficient (Wildman–Crippen LogP) is 0.569. The van der Waals surface area contributed by atoms with E-state index >= 15 is 0 Å². The van der Waals surface area contributed by atoms with Gasteiger partial charge in [-0.15, -0.1) is 0 Å². The Balaban J connectivity index is 2.00. The van der Waals surface area contributed by atoms with Gasteiger partial charge in [0.25, 0.3) is 5.91 Å². The molecule has 0 bridgehead atoms. The second-order valence-corrected chi connectivity index (χ2v) is 3.90. The quantitative estimate of drug-likeness (QED) is 0.724. The Kier molecular flexibility index (Phi) is 2.86. The van der Waals surface area contributed by atoms with Gasteiger partial charge >= 0.3 is 0 Å². The number of carbonyl (C=O) groups is 1. The van der Waals surface area contributed by atoms with Crippen molar-refractivity contribution >= 4 is 11.9 Å². The van der Waals surface area contributed by atoms with Crippen LogP contribution < -0.4 is 11.1 Å². The van der Waals surface area contributed by atoms with Crippen molar-refractivity contribution in [3.05, 3.63) is 35.4 Å². The molecule has 0 unspecified atom stereocenters. The second kappa shape index (κ2) is 4.32. The molecule has 0 spiro atoms. The van der Waals surface area contributed by atoms with E-state index in [0.29, 0.717) is 18.2 Å². The van der Waals surface area contributed by atoms with Gasteiger partial charge in [-0.1, -0.05) is 0 Å². The number of aromatic amines is 1. The summed E-state index contributed by atoms with van der Waals surface area (Å²) in [5.74, 6) is 0.234. The molecule has 0 fully saturated rings. The molecule has 2 heterocycles. The number of H-pyrrole nitrogens is 1. The number of hydrogen-bond donors (Lipinski definition) is 3. The van der Waals surface area contributed by atoms with Crippen molar-refractivity contribution in [1.29, 1.82) is 0 Å². The van der Waals surface area contributed by atoms with E-state index in [1.54, 1.807) is 12.3 Å². The van der Waals surface area contributed by atoms with Crippen LogP contribution in [0.2, 0.25) is 0 Å². The van der Waals surface area contributed by atoms with Gasteiger partial charge in [0.05, 0.1) is 18.4 Å². The number of amides is 1. The van der Waals surface area contributed by atoms with E-state index in [4.69, 9.17) is 5.73 Å². The van der Waals surface area contributed by atoms with Crippen molar-refractivity contribution < 1.29 is 4.79 Å². The summed E-state index contributed by atoms with van der Waals surface area (Å²) < 4.78 is 1.84. The molecule has 17 heavy (non-hydrogen) atoms. The highest BCUT2D eigenvalue weighted by molar-refractivity contribution is 5.92. The van der Waals surface area contributed by atoms with Gasteiger partial charge in [0, 0.05) is 12.7 Å². The maximum Gasteiger partial charge on any atom is 0.268 e. The van der Waals surface area contributed by atoms with Crippen LogP contribution in [0.25, 0.3) is 0 Å². The number of nitrogens with two attached hydrogens (primary N) is 1. The van der Waals surface area contributed by atoms with Crippen molar-refractivity contribution in [2.45, 2.75) is 13.5 Å². The third-order valence-corrected chi connectivity index (χ3v) is 2.69. The third kappa shape index (κ3) is 2.30. The molecule has 90 valence electrons. The molecule has 0 aliphatic carbocycles. The fourth-order valence-corrected chi connectivity index (χ4v) is 1.57. The average molecular weight is 233 g/mol. The highest BCUT2D eigenvalue weighted by Gasteiger charge is 2.10. The lowest BCUT2D eigenvalue weighted by Gasteiger charge is -2.05. The van der Waals surface area contributed by atoms with Crippen LogP contribution >= 0.6 is 0 Å². The van der Waals surface area contributed by atoms with E-state index in [1.165, 1.54) is 0 Å². The molecule has 2 rings (SSSR count). The van der Waals surface area contributed by atoms with Crippen molar-refractivity contribution in [1.82, 2.24) is 19.9 Å². The van der Waals surface area contributed by atoms with Crippen LogP contribution in [0.5, 0.6) is 0 Å². The fourth-order valence-electron chi connectivity index (χ4n) is 1.57. The number of nitrogens with zero attached hydrogens (tertiary/aromatic N) is 2. The van der Waals surface area contributed by atoms with Gasteiger partial charge in [0.1, 0.15) is 5.69 Å². The van der Waals surface area contributed by atoms with Crippen LogP contribution in [0.15, 0.2) is 18.3 Å². The van der Waals surface area contributed by atoms with Crippen LogP contribution in [-0.4, -0.2) is 20.4 Å². The Morgan fingerprint density at radius 2 is 2.35 bits per heavy atom. The maximum atomic E-state index is 11.9. The average Bonchev–Trinajstić information content (AvgIpc) is 2.84. The minimum absolute atomic E-state index is 0.117. The predicted molar refractivity (Wildman–Crippen MR) is 64.3 cm³/mol. The third-order valence-electron chi connectivity index (χ3n) is 2.69. The summed E-state index contributed by atoms with van der Waals surface area (Å²) in [5, 5.41) is 2.80. The van der Waals surface area contributed by atoms with E-state index in [0.717, 1.165) is 11.4 Å². The van der Waals surface area contributed by atoms with E-state index in [9.17, 15) is 4.79 Å². The fraction of sp³-hybridized carbons (Fsp3) is 0.273. The van der Waals surface area contributed by atoms with Crippen LogP contribution in [0.1, 0.15) is 21.9 Å². The van der Waals surface area contributed by atoms with E-state index in [2.05, 4.69) is 15.3 Å². The molecule has 2 aromatic heterocycles. The maximum absolute atomic E-state index is 11.9. The molecular weight excluding hydrogens is 218 g/mol. The topological polar surface area (TPSA) is 88.7 Å². The van der Waals surface area contributed by atoms with Gasteiger partial charge in [-0.25, -0.2) is 4.98 Å². The Bertz CT molecular complexity index is 540. The molecule has 0 aromatic carbocycles. The molecule has 0 saturated carbocycles. The number of hydrogen-bond acceptors (Lipinski definition) is 3. The lowest BCUT2D eigenvalue weighted by Crippen LogP contribution is -2.25. The van der Waals surface area contributed by atoms with E-state index < -0.39 is 0 Å². The van der Waals surface area contributed by atoms with Crippen molar-refractivity contribution in [2.24, 2.45) is 7.05 Å². The zero-order valence-electron chi connectivity index (χ0n) is 9.82. The standard InChI is InChI=1S/C11H15N5O/c1-7-3-4-9(16(7)2)10(17)13-5-8-6-14-11(12)15-8/h3-4,6H,5H2,1-2H3,(H,13,17)(H3,12,14,15). The first-order valence-corrected chi connectivity index (χ1v) is 5.28. The number of aryl methyl sites for hydroxylation is 1. The van der Waals surface area contributed by atoms with Crippen LogP contribution in [0.4, 0.5) is 5.95 Å². The monoisotopic (exact) mass is 233 g/mol. The smallest absolute Gasteiger partial charge is 0.268 e. The number of aromatic nitrogens is 3. The minimum atomic E-state index is -0.117. The number of rotatable bonds is 3. The summed E-state index contributed by atoms with van der Waals surface area (Å²) in [6.07, 6.45) is 1.60. The summed E-state index contributed by atoms with van der Waals surface area (Å²) in [6, 6.07) is 3.70. The zero-order valence-corrected chi connectivity index (χ0v) is 9.82. The number of nitrogen functional groups attached to an aromatic ring is 1. The van der Waals surface area contributed by atoms with Gasteiger partial charge in [-0.2, -0.15) is 0 Å². The van der Waals surface area contributed by atoms with Crippen molar-refractivity contribution in [3.8, 4) is 0 Å². The van der Waals surface area contributed by atoms with Crippen molar-refractivity contribution in [2.75, 3.05) is 5.73 Å². The first kappa shape index (κ1) is 11.3. The summed E-state index contributed by atoms with van der Waals surface area (Å²) in [4.78, 5) is 18.6. The molecule has 6 heteroatoms. The number of anilines is 1. The van der Waals surface area contributed by atoms with Crippen LogP contribution in [0, 0.1) is 6.92 Å². The lowest BCUT2D eigenvalue weighted by molar-refractivity contribution is 0.0942. The highest BCUT2D eigenvalue weighted by Crippen LogP contribution is 2.06. The first-order chi connectivity index (χ1) is 8.08. The van der Waals surface area contributed by atoms with Gasteiger partial charge in [-0.3, -0.25) is 4.79 Å². The molecule has 6 nitrogen and oxygen atoms in total.